The Bertz CT molecular complexity index is 774. The van der Waals surface area contributed by atoms with Crippen LogP contribution in [0.5, 0.6) is 0 Å². The van der Waals surface area contributed by atoms with Crippen LogP contribution in [0.3, 0.4) is 0 Å². The van der Waals surface area contributed by atoms with E-state index in [1.807, 2.05) is 4.90 Å². The maximum absolute atomic E-state index is 13.9. The van der Waals surface area contributed by atoms with Crippen molar-refractivity contribution in [3.63, 3.8) is 0 Å². The zero-order chi connectivity index (χ0) is 19.9. The van der Waals surface area contributed by atoms with Crippen LogP contribution in [0.15, 0.2) is 43.0 Å². The standard InChI is InChI=1S/C21H27FN4O2/c1-16(27)26(13-17-11-23-15-24-12-17)18-5-4-9-25(10-8-18)14-21(28)19-6-2-3-7-20(19)22/h2-3,6-7,11-12,15,18,21,28H,4-5,8-10,13-14H2,1H3/t18-,21+/m1/s1. The zero-order valence-electron chi connectivity index (χ0n) is 16.2. The van der Waals surface area contributed by atoms with Gasteiger partial charge >= 0.3 is 0 Å². The number of hydrogen-bond acceptors (Lipinski definition) is 5. The van der Waals surface area contributed by atoms with Crippen molar-refractivity contribution in [2.45, 2.75) is 44.9 Å². The van der Waals surface area contributed by atoms with E-state index in [0.717, 1.165) is 37.9 Å². The highest BCUT2D eigenvalue weighted by Gasteiger charge is 2.26. The molecule has 0 spiro atoms. The number of amides is 1. The predicted octanol–water partition coefficient (Wildman–Crippen LogP) is 2.55. The number of likely N-dealkylation sites (tertiary alicyclic amines) is 1. The van der Waals surface area contributed by atoms with Gasteiger partial charge in [-0.2, -0.15) is 0 Å². The van der Waals surface area contributed by atoms with Crippen LogP contribution in [0.4, 0.5) is 4.39 Å². The second-order valence-corrected chi connectivity index (χ2v) is 7.32. The van der Waals surface area contributed by atoms with E-state index in [1.54, 1.807) is 37.5 Å². The lowest BCUT2D eigenvalue weighted by Gasteiger charge is -2.30. The average molecular weight is 386 g/mol. The minimum atomic E-state index is -0.858. The molecule has 150 valence electrons. The van der Waals surface area contributed by atoms with E-state index in [9.17, 15) is 14.3 Å². The predicted molar refractivity (Wildman–Crippen MR) is 104 cm³/mol. The van der Waals surface area contributed by atoms with Crippen LogP contribution in [-0.2, 0) is 11.3 Å². The molecule has 3 rings (SSSR count). The van der Waals surface area contributed by atoms with Crippen molar-refractivity contribution in [3.8, 4) is 0 Å². The summed E-state index contributed by atoms with van der Waals surface area (Å²) in [5.74, 6) is -0.343. The third-order valence-corrected chi connectivity index (χ3v) is 5.30. The second-order valence-electron chi connectivity index (χ2n) is 7.32. The van der Waals surface area contributed by atoms with Gasteiger partial charge in [0.15, 0.2) is 0 Å². The van der Waals surface area contributed by atoms with Crippen LogP contribution in [0.1, 0.15) is 43.4 Å². The number of aliphatic hydroxyl groups excluding tert-OH is 1. The molecule has 1 aromatic heterocycles. The van der Waals surface area contributed by atoms with Crippen LogP contribution in [0, 0.1) is 5.82 Å². The van der Waals surface area contributed by atoms with Gasteiger partial charge in [-0.25, -0.2) is 14.4 Å². The van der Waals surface area contributed by atoms with E-state index in [1.165, 1.54) is 12.4 Å². The topological polar surface area (TPSA) is 69.6 Å². The van der Waals surface area contributed by atoms with Gasteiger partial charge in [0.25, 0.3) is 0 Å². The molecule has 0 unspecified atom stereocenters. The lowest BCUT2D eigenvalue weighted by atomic mass is 10.1. The molecule has 2 aromatic rings. The highest BCUT2D eigenvalue weighted by molar-refractivity contribution is 5.73. The quantitative estimate of drug-likeness (QED) is 0.826. The second kappa shape index (κ2) is 9.71. The number of benzene rings is 1. The minimum absolute atomic E-state index is 0.0358. The molecule has 0 saturated carbocycles. The molecular weight excluding hydrogens is 359 g/mol. The summed E-state index contributed by atoms with van der Waals surface area (Å²) in [5, 5.41) is 10.4. The first-order valence-corrected chi connectivity index (χ1v) is 9.70. The number of aliphatic hydroxyl groups is 1. The Labute approximate surface area is 165 Å². The highest BCUT2D eigenvalue weighted by Crippen LogP contribution is 2.22. The molecule has 1 aromatic carbocycles. The third kappa shape index (κ3) is 5.33. The molecule has 1 N–H and O–H groups in total. The number of aromatic nitrogens is 2. The van der Waals surface area contributed by atoms with E-state index in [0.29, 0.717) is 18.7 Å². The average Bonchev–Trinajstić information content (AvgIpc) is 2.92. The van der Waals surface area contributed by atoms with E-state index in [4.69, 9.17) is 0 Å². The Morgan fingerprint density at radius 2 is 2.04 bits per heavy atom. The smallest absolute Gasteiger partial charge is 0.219 e. The van der Waals surface area contributed by atoms with Gasteiger partial charge in [-0.3, -0.25) is 4.79 Å². The molecule has 1 saturated heterocycles. The number of halogens is 1. The summed E-state index contributed by atoms with van der Waals surface area (Å²) in [6, 6.07) is 6.48. The normalized spacial score (nSPS) is 19.0. The van der Waals surface area contributed by atoms with Crippen LogP contribution in [0.25, 0.3) is 0 Å². The summed E-state index contributed by atoms with van der Waals surface area (Å²) in [5.41, 5.74) is 1.24. The van der Waals surface area contributed by atoms with Gasteiger partial charge in [0.2, 0.25) is 5.91 Å². The van der Waals surface area contributed by atoms with Crippen molar-refractivity contribution in [1.82, 2.24) is 19.8 Å². The maximum atomic E-state index is 13.9. The van der Waals surface area contributed by atoms with Gasteiger partial charge in [-0.15, -0.1) is 0 Å². The largest absolute Gasteiger partial charge is 0.387 e. The number of rotatable bonds is 6. The first-order chi connectivity index (χ1) is 13.5. The van der Waals surface area contributed by atoms with Crippen molar-refractivity contribution in [1.29, 1.82) is 0 Å². The molecule has 2 atom stereocenters. The first kappa shape index (κ1) is 20.4. The van der Waals surface area contributed by atoms with Crippen LogP contribution < -0.4 is 0 Å². The van der Waals surface area contributed by atoms with Gasteiger partial charge in [0, 0.05) is 56.1 Å². The maximum Gasteiger partial charge on any atom is 0.219 e. The molecule has 0 radical (unpaired) electrons. The van der Waals surface area contributed by atoms with Crippen molar-refractivity contribution in [2.75, 3.05) is 19.6 Å². The van der Waals surface area contributed by atoms with Gasteiger partial charge in [-0.1, -0.05) is 18.2 Å². The molecular formula is C21H27FN4O2. The van der Waals surface area contributed by atoms with Crippen molar-refractivity contribution in [2.24, 2.45) is 0 Å². The number of β-amino-alcohol motifs (C(OH)–C–C–N with tert-alkyl or cyclic N) is 1. The lowest BCUT2D eigenvalue weighted by molar-refractivity contribution is -0.132. The van der Waals surface area contributed by atoms with Crippen molar-refractivity contribution < 1.29 is 14.3 Å². The number of hydrogen-bond donors (Lipinski definition) is 1. The molecule has 7 heteroatoms. The minimum Gasteiger partial charge on any atom is -0.387 e. The zero-order valence-corrected chi connectivity index (χ0v) is 16.2. The van der Waals surface area contributed by atoms with E-state index in [2.05, 4.69) is 14.9 Å². The summed E-state index contributed by atoms with van der Waals surface area (Å²) in [7, 11) is 0. The monoisotopic (exact) mass is 386 g/mol. The molecule has 1 aliphatic rings. The number of carbonyl (C=O) groups excluding carboxylic acids is 1. The molecule has 28 heavy (non-hydrogen) atoms. The fraction of sp³-hybridized carbons (Fsp3) is 0.476. The van der Waals surface area contributed by atoms with Crippen LogP contribution in [0.2, 0.25) is 0 Å². The van der Waals surface area contributed by atoms with Gasteiger partial charge < -0.3 is 14.9 Å². The Hall–Kier alpha value is -2.38. The molecule has 1 aliphatic heterocycles. The Morgan fingerprint density at radius 1 is 1.29 bits per heavy atom. The Kier molecular flexibility index (Phi) is 7.06. The highest BCUT2D eigenvalue weighted by atomic mass is 19.1. The molecule has 0 aliphatic carbocycles. The fourth-order valence-corrected chi connectivity index (χ4v) is 3.83. The van der Waals surface area contributed by atoms with Crippen molar-refractivity contribution >= 4 is 5.91 Å². The summed E-state index contributed by atoms with van der Waals surface area (Å²) in [6.07, 6.45) is 6.73. The van der Waals surface area contributed by atoms with Gasteiger partial charge in [0.05, 0.1) is 6.10 Å². The number of carbonyl (C=O) groups is 1. The van der Waals surface area contributed by atoms with Gasteiger partial charge in [0.1, 0.15) is 12.1 Å². The van der Waals surface area contributed by atoms with E-state index < -0.39 is 6.10 Å². The van der Waals surface area contributed by atoms with E-state index in [-0.39, 0.29) is 17.8 Å². The molecule has 2 heterocycles. The molecule has 1 fully saturated rings. The Balaban J connectivity index is 1.60. The summed E-state index contributed by atoms with van der Waals surface area (Å²) in [6.45, 7) is 4.06. The van der Waals surface area contributed by atoms with Crippen molar-refractivity contribution in [3.05, 3.63) is 59.9 Å². The molecule has 0 bridgehead atoms. The van der Waals surface area contributed by atoms with Crippen LogP contribution in [-0.4, -0.2) is 56.5 Å². The van der Waals surface area contributed by atoms with Crippen LogP contribution >= 0.6 is 0 Å². The summed E-state index contributed by atoms with van der Waals surface area (Å²) < 4.78 is 13.9. The lowest BCUT2D eigenvalue weighted by Crippen LogP contribution is -2.39. The molecule has 6 nitrogen and oxygen atoms in total. The Morgan fingerprint density at radius 3 is 2.75 bits per heavy atom. The molecule has 1 amide bonds. The van der Waals surface area contributed by atoms with Gasteiger partial charge in [-0.05, 0) is 31.9 Å². The van der Waals surface area contributed by atoms with E-state index >= 15 is 0 Å². The fourth-order valence-electron chi connectivity index (χ4n) is 3.83. The SMILES string of the molecule is CC(=O)N(Cc1cncnc1)[C@@H]1CCCN(C[C@H](O)c2ccccc2F)CC1. The summed E-state index contributed by atoms with van der Waals surface area (Å²) >= 11 is 0. The summed E-state index contributed by atoms with van der Waals surface area (Å²) in [4.78, 5) is 24.3. The first-order valence-electron chi connectivity index (χ1n) is 9.70. The third-order valence-electron chi connectivity index (χ3n) is 5.30. The number of nitrogens with zero attached hydrogens (tertiary/aromatic N) is 4.